The summed E-state index contributed by atoms with van der Waals surface area (Å²) in [7, 11) is 0. The molecule has 0 saturated heterocycles. The highest BCUT2D eigenvalue weighted by atomic mass is 15.3. The maximum absolute atomic E-state index is 4.77. The number of aromatic nitrogens is 3. The fraction of sp³-hybridized carbons (Fsp3) is 0.600. The third kappa shape index (κ3) is 3.03. The smallest absolute Gasteiger partial charge is 0.180 e. The molecule has 0 fully saturated rings. The van der Waals surface area contributed by atoms with Crippen molar-refractivity contribution in [3.63, 3.8) is 0 Å². The fourth-order valence-electron chi connectivity index (χ4n) is 2.31. The van der Waals surface area contributed by atoms with E-state index in [2.05, 4.69) is 49.8 Å². The lowest BCUT2D eigenvalue weighted by molar-refractivity contribution is 0.566. The first-order chi connectivity index (χ1) is 9.52. The van der Waals surface area contributed by atoms with Gasteiger partial charge in [0.1, 0.15) is 5.82 Å². The Hall–Kier alpha value is -1.78. The summed E-state index contributed by atoms with van der Waals surface area (Å²) >= 11 is 0. The van der Waals surface area contributed by atoms with Gasteiger partial charge >= 0.3 is 0 Å². The molecule has 5 heteroatoms. The summed E-state index contributed by atoms with van der Waals surface area (Å²) in [6, 6.07) is 0.391. The molecular formula is C15H25N5. The van der Waals surface area contributed by atoms with Crippen LogP contribution in [-0.4, -0.2) is 33.5 Å². The van der Waals surface area contributed by atoms with Gasteiger partial charge in [-0.05, 0) is 26.7 Å². The number of anilines is 2. The summed E-state index contributed by atoms with van der Waals surface area (Å²) in [6.45, 7) is 12.8. The predicted octanol–water partition coefficient (Wildman–Crippen LogP) is 3.03. The first-order valence-electron chi connectivity index (χ1n) is 7.37. The van der Waals surface area contributed by atoms with Crippen LogP contribution in [0.3, 0.4) is 0 Å². The number of imidazole rings is 1. The molecule has 0 spiro atoms. The molecule has 5 nitrogen and oxygen atoms in total. The molecule has 20 heavy (non-hydrogen) atoms. The average molecular weight is 275 g/mol. The standard InChI is InChI=1S/C15H25N5/c1-6-16-13-10-19-8-7-17-14(19)15(18-13)20(12(4)5)9-11(2)3/h7-8,10-12,16H,6,9H2,1-5H3. The second-order valence-corrected chi connectivity index (χ2v) is 5.78. The minimum atomic E-state index is 0.391. The molecule has 0 saturated carbocycles. The van der Waals surface area contributed by atoms with E-state index >= 15 is 0 Å². The first-order valence-corrected chi connectivity index (χ1v) is 7.37. The van der Waals surface area contributed by atoms with Gasteiger partial charge < -0.3 is 14.6 Å². The summed E-state index contributed by atoms with van der Waals surface area (Å²) in [4.78, 5) is 11.6. The van der Waals surface area contributed by atoms with Crippen LogP contribution < -0.4 is 10.2 Å². The second-order valence-electron chi connectivity index (χ2n) is 5.78. The van der Waals surface area contributed by atoms with E-state index < -0.39 is 0 Å². The van der Waals surface area contributed by atoms with Crippen molar-refractivity contribution in [3.05, 3.63) is 18.6 Å². The maximum Gasteiger partial charge on any atom is 0.180 e. The highest BCUT2D eigenvalue weighted by molar-refractivity contribution is 5.67. The molecular weight excluding hydrogens is 250 g/mol. The Labute approximate surface area is 121 Å². The number of nitrogens with one attached hydrogen (secondary N) is 1. The van der Waals surface area contributed by atoms with E-state index in [0.717, 1.165) is 30.4 Å². The molecule has 2 rings (SSSR count). The van der Waals surface area contributed by atoms with Crippen LogP contribution >= 0.6 is 0 Å². The Morgan fingerprint density at radius 2 is 2.05 bits per heavy atom. The number of hydrogen-bond donors (Lipinski definition) is 1. The number of nitrogens with zero attached hydrogens (tertiary/aromatic N) is 4. The van der Waals surface area contributed by atoms with Gasteiger partial charge in [0.25, 0.3) is 0 Å². The Bertz CT molecular complexity index is 558. The van der Waals surface area contributed by atoms with Gasteiger partial charge in [-0.2, -0.15) is 0 Å². The van der Waals surface area contributed by atoms with Crippen molar-refractivity contribution in [3.8, 4) is 0 Å². The SMILES string of the molecule is CCNc1cn2ccnc2c(N(CC(C)C)C(C)C)n1. The highest BCUT2D eigenvalue weighted by Crippen LogP contribution is 2.23. The van der Waals surface area contributed by atoms with Crippen LogP contribution in [0, 0.1) is 5.92 Å². The molecule has 1 N–H and O–H groups in total. The molecule has 0 atom stereocenters. The van der Waals surface area contributed by atoms with Crippen molar-refractivity contribution < 1.29 is 0 Å². The molecule has 0 unspecified atom stereocenters. The van der Waals surface area contributed by atoms with E-state index in [9.17, 15) is 0 Å². The third-order valence-electron chi connectivity index (χ3n) is 3.17. The van der Waals surface area contributed by atoms with Crippen LogP contribution in [0.5, 0.6) is 0 Å². The molecule has 0 bridgehead atoms. The number of fused-ring (bicyclic) bond motifs is 1. The molecule has 2 heterocycles. The van der Waals surface area contributed by atoms with E-state index in [-0.39, 0.29) is 0 Å². The second kappa shape index (κ2) is 6.11. The van der Waals surface area contributed by atoms with Crippen molar-refractivity contribution in [2.45, 2.75) is 40.7 Å². The van der Waals surface area contributed by atoms with Crippen LogP contribution in [0.4, 0.5) is 11.6 Å². The van der Waals surface area contributed by atoms with Gasteiger partial charge in [0, 0.05) is 31.5 Å². The molecule has 110 valence electrons. The van der Waals surface area contributed by atoms with Crippen LogP contribution in [0.15, 0.2) is 18.6 Å². The summed E-state index contributed by atoms with van der Waals surface area (Å²) < 4.78 is 2.04. The summed E-state index contributed by atoms with van der Waals surface area (Å²) in [5.74, 6) is 2.43. The van der Waals surface area contributed by atoms with Crippen molar-refractivity contribution in [1.29, 1.82) is 0 Å². The van der Waals surface area contributed by atoms with Crippen LogP contribution in [0.1, 0.15) is 34.6 Å². The van der Waals surface area contributed by atoms with Gasteiger partial charge in [0.05, 0.1) is 6.20 Å². The molecule has 0 aliphatic heterocycles. The summed E-state index contributed by atoms with van der Waals surface area (Å²) in [6.07, 6.45) is 5.78. The van der Waals surface area contributed by atoms with Crippen LogP contribution in [0.25, 0.3) is 5.65 Å². The van der Waals surface area contributed by atoms with E-state index in [1.165, 1.54) is 0 Å². The Balaban J connectivity index is 2.50. The number of hydrogen-bond acceptors (Lipinski definition) is 4. The lowest BCUT2D eigenvalue weighted by Crippen LogP contribution is -2.35. The minimum absolute atomic E-state index is 0.391. The zero-order valence-corrected chi connectivity index (χ0v) is 13.1. The van der Waals surface area contributed by atoms with Gasteiger partial charge in [-0.3, -0.25) is 0 Å². The third-order valence-corrected chi connectivity index (χ3v) is 3.17. The molecule has 2 aromatic heterocycles. The molecule has 0 aromatic carbocycles. The quantitative estimate of drug-likeness (QED) is 0.880. The highest BCUT2D eigenvalue weighted by Gasteiger charge is 2.18. The molecule has 0 aliphatic rings. The zero-order valence-electron chi connectivity index (χ0n) is 13.1. The molecule has 0 radical (unpaired) electrons. The van der Waals surface area contributed by atoms with Crippen LogP contribution in [-0.2, 0) is 0 Å². The van der Waals surface area contributed by atoms with Gasteiger partial charge in [0.2, 0.25) is 0 Å². The minimum Gasteiger partial charge on any atom is -0.369 e. The Kier molecular flexibility index (Phi) is 4.47. The van der Waals surface area contributed by atoms with E-state index in [0.29, 0.717) is 12.0 Å². The Morgan fingerprint density at radius 1 is 1.30 bits per heavy atom. The molecule has 0 amide bonds. The largest absolute Gasteiger partial charge is 0.369 e. The van der Waals surface area contributed by atoms with E-state index in [1.54, 1.807) is 0 Å². The summed E-state index contributed by atoms with van der Waals surface area (Å²) in [5, 5.41) is 3.29. The van der Waals surface area contributed by atoms with Crippen molar-refractivity contribution in [2.75, 3.05) is 23.3 Å². The van der Waals surface area contributed by atoms with Crippen molar-refractivity contribution in [1.82, 2.24) is 14.4 Å². The molecule has 0 aliphatic carbocycles. The van der Waals surface area contributed by atoms with E-state index in [4.69, 9.17) is 4.98 Å². The normalized spacial score (nSPS) is 11.6. The predicted molar refractivity (Wildman–Crippen MR) is 84.5 cm³/mol. The van der Waals surface area contributed by atoms with Crippen LogP contribution in [0.2, 0.25) is 0 Å². The average Bonchev–Trinajstić information content (AvgIpc) is 2.83. The van der Waals surface area contributed by atoms with Crippen molar-refractivity contribution in [2.24, 2.45) is 5.92 Å². The van der Waals surface area contributed by atoms with Gasteiger partial charge in [-0.1, -0.05) is 13.8 Å². The first kappa shape index (κ1) is 14.6. The number of rotatable bonds is 6. The fourth-order valence-corrected chi connectivity index (χ4v) is 2.31. The zero-order chi connectivity index (χ0) is 14.7. The monoisotopic (exact) mass is 275 g/mol. The summed E-state index contributed by atoms with van der Waals surface area (Å²) in [5.41, 5.74) is 0.918. The van der Waals surface area contributed by atoms with Gasteiger partial charge in [-0.25, -0.2) is 9.97 Å². The van der Waals surface area contributed by atoms with Gasteiger partial charge in [-0.15, -0.1) is 0 Å². The van der Waals surface area contributed by atoms with Crippen molar-refractivity contribution >= 4 is 17.3 Å². The lowest BCUT2D eigenvalue weighted by atomic mass is 10.2. The topological polar surface area (TPSA) is 45.5 Å². The Morgan fingerprint density at radius 3 is 2.65 bits per heavy atom. The van der Waals surface area contributed by atoms with Gasteiger partial charge in [0.15, 0.2) is 11.5 Å². The maximum atomic E-state index is 4.77. The lowest BCUT2D eigenvalue weighted by Gasteiger charge is -2.30. The molecule has 2 aromatic rings. The van der Waals surface area contributed by atoms with E-state index in [1.807, 2.05) is 23.0 Å².